The van der Waals surface area contributed by atoms with E-state index in [4.69, 9.17) is 5.73 Å². The molecular formula is C15H14Br2N2O. The number of nitrogens with one attached hydrogen (secondary N) is 1. The molecule has 3 nitrogen and oxygen atoms in total. The standard InChI is InChI=1S/C15H14Br2N2O/c16-11-6-7-12(17)14(9-11)19-15(20)13(18)8-10-4-2-1-3-5-10/h1-7,9,13H,8,18H2,(H,19,20)/t13-/m1/s1. The summed E-state index contributed by atoms with van der Waals surface area (Å²) in [5.74, 6) is -0.201. The SMILES string of the molecule is N[C@H](Cc1ccccc1)C(=O)Nc1cc(Br)ccc1Br. The van der Waals surface area contributed by atoms with E-state index in [9.17, 15) is 4.79 Å². The van der Waals surface area contributed by atoms with Gasteiger partial charge in [-0.25, -0.2) is 0 Å². The van der Waals surface area contributed by atoms with Crippen LogP contribution in [0.15, 0.2) is 57.5 Å². The molecule has 104 valence electrons. The maximum absolute atomic E-state index is 12.1. The minimum absolute atomic E-state index is 0.201. The molecule has 20 heavy (non-hydrogen) atoms. The van der Waals surface area contributed by atoms with E-state index in [-0.39, 0.29) is 5.91 Å². The zero-order chi connectivity index (χ0) is 14.5. The lowest BCUT2D eigenvalue weighted by atomic mass is 10.1. The van der Waals surface area contributed by atoms with Crippen LogP contribution in [0.5, 0.6) is 0 Å². The number of carbonyl (C=O) groups excluding carboxylic acids is 1. The molecule has 0 aromatic heterocycles. The van der Waals surface area contributed by atoms with Crippen molar-refractivity contribution in [3.63, 3.8) is 0 Å². The van der Waals surface area contributed by atoms with Gasteiger partial charge in [-0.3, -0.25) is 4.79 Å². The smallest absolute Gasteiger partial charge is 0.241 e. The summed E-state index contributed by atoms with van der Waals surface area (Å²) < 4.78 is 1.72. The molecule has 0 aliphatic rings. The van der Waals surface area contributed by atoms with Gasteiger partial charge in [0.25, 0.3) is 0 Å². The van der Waals surface area contributed by atoms with Crippen molar-refractivity contribution in [3.05, 3.63) is 63.0 Å². The average molecular weight is 398 g/mol. The monoisotopic (exact) mass is 396 g/mol. The molecule has 3 N–H and O–H groups in total. The minimum Gasteiger partial charge on any atom is -0.324 e. The summed E-state index contributed by atoms with van der Waals surface area (Å²) in [6.45, 7) is 0. The van der Waals surface area contributed by atoms with E-state index in [1.807, 2.05) is 48.5 Å². The largest absolute Gasteiger partial charge is 0.324 e. The fourth-order valence-corrected chi connectivity index (χ4v) is 2.49. The van der Waals surface area contributed by atoms with Crippen LogP contribution in [0.25, 0.3) is 0 Å². The predicted molar refractivity (Wildman–Crippen MR) is 88.6 cm³/mol. The Hall–Kier alpha value is -1.17. The van der Waals surface area contributed by atoms with Crippen LogP contribution >= 0.6 is 31.9 Å². The molecule has 0 heterocycles. The molecule has 1 atom stereocenters. The molecule has 0 radical (unpaired) electrons. The summed E-state index contributed by atoms with van der Waals surface area (Å²) in [5.41, 5.74) is 7.69. The Balaban J connectivity index is 2.02. The molecule has 1 amide bonds. The maximum atomic E-state index is 12.1. The van der Waals surface area contributed by atoms with Gasteiger partial charge < -0.3 is 11.1 Å². The van der Waals surface area contributed by atoms with Gasteiger partial charge in [0.15, 0.2) is 0 Å². The van der Waals surface area contributed by atoms with Gasteiger partial charge in [0.1, 0.15) is 0 Å². The van der Waals surface area contributed by atoms with Gasteiger partial charge in [0.2, 0.25) is 5.91 Å². The van der Waals surface area contributed by atoms with Gasteiger partial charge in [-0.2, -0.15) is 0 Å². The Morgan fingerprint density at radius 1 is 1.15 bits per heavy atom. The second-order valence-electron chi connectivity index (χ2n) is 4.41. The van der Waals surface area contributed by atoms with Crippen molar-refractivity contribution in [3.8, 4) is 0 Å². The van der Waals surface area contributed by atoms with Crippen molar-refractivity contribution in [1.82, 2.24) is 0 Å². The van der Waals surface area contributed by atoms with Crippen LogP contribution in [0.4, 0.5) is 5.69 Å². The summed E-state index contributed by atoms with van der Waals surface area (Å²) in [6, 6.07) is 14.7. The van der Waals surface area contributed by atoms with E-state index < -0.39 is 6.04 Å². The number of benzene rings is 2. The highest BCUT2D eigenvalue weighted by molar-refractivity contribution is 9.11. The lowest BCUT2D eigenvalue weighted by molar-refractivity contribution is -0.117. The summed E-state index contributed by atoms with van der Waals surface area (Å²) in [5, 5.41) is 2.83. The third kappa shape index (κ3) is 4.16. The third-order valence-corrected chi connectivity index (χ3v) is 4.01. The van der Waals surface area contributed by atoms with Crippen LogP contribution < -0.4 is 11.1 Å². The molecule has 0 spiro atoms. The lowest BCUT2D eigenvalue weighted by Crippen LogP contribution is -2.37. The molecule has 2 rings (SSSR count). The first-order chi connectivity index (χ1) is 9.56. The van der Waals surface area contributed by atoms with Crippen molar-refractivity contribution < 1.29 is 4.79 Å². The third-order valence-electron chi connectivity index (χ3n) is 2.82. The zero-order valence-corrected chi connectivity index (χ0v) is 13.8. The summed E-state index contributed by atoms with van der Waals surface area (Å²) >= 11 is 6.77. The Morgan fingerprint density at radius 2 is 1.85 bits per heavy atom. The highest BCUT2D eigenvalue weighted by Gasteiger charge is 2.15. The number of hydrogen-bond donors (Lipinski definition) is 2. The Kier molecular flexibility index (Phi) is 5.34. The minimum atomic E-state index is -0.580. The van der Waals surface area contributed by atoms with Gasteiger partial charge in [-0.05, 0) is 46.1 Å². The van der Waals surface area contributed by atoms with E-state index in [1.165, 1.54) is 0 Å². The van der Waals surface area contributed by atoms with Crippen molar-refractivity contribution in [2.24, 2.45) is 5.73 Å². The summed E-state index contributed by atoms with van der Waals surface area (Å²) in [4.78, 5) is 12.1. The highest BCUT2D eigenvalue weighted by Crippen LogP contribution is 2.26. The first-order valence-electron chi connectivity index (χ1n) is 6.11. The average Bonchev–Trinajstić information content (AvgIpc) is 2.44. The van der Waals surface area contributed by atoms with E-state index in [2.05, 4.69) is 37.2 Å². The number of nitrogens with two attached hydrogens (primary N) is 1. The number of hydrogen-bond acceptors (Lipinski definition) is 2. The van der Waals surface area contributed by atoms with Gasteiger partial charge in [-0.1, -0.05) is 46.3 Å². The van der Waals surface area contributed by atoms with Crippen LogP contribution in [-0.2, 0) is 11.2 Å². The summed E-state index contributed by atoms with van der Waals surface area (Å²) in [6.07, 6.45) is 0.512. The molecule has 0 fully saturated rings. The molecule has 0 bridgehead atoms. The van der Waals surface area contributed by atoms with E-state index >= 15 is 0 Å². The van der Waals surface area contributed by atoms with E-state index in [1.54, 1.807) is 0 Å². The van der Waals surface area contributed by atoms with Crippen LogP contribution in [0.2, 0.25) is 0 Å². The second kappa shape index (κ2) is 7.02. The molecule has 2 aromatic rings. The number of halogens is 2. The Bertz CT molecular complexity index is 602. The van der Waals surface area contributed by atoms with Gasteiger partial charge in [0.05, 0.1) is 11.7 Å². The topological polar surface area (TPSA) is 55.1 Å². The van der Waals surface area contributed by atoms with Crippen molar-refractivity contribution in [1.29, 1.82) is 0 Å². The Morgan fingerprint density at radius 3 is 2.55 bits per heavy atom. The molecule has 0 aliphatic heterocycles. The number of amides is 1. The summed E-state index contributed by atoms with van der Waals surface area (Å²) in [7, 11) is 0. The predicted octanol–water partition coefficient (Wildman–Crippen LogP) is 3.72. The second-order valence-corrected chi connectivity index (χ2v) is 6.18. The molecule has 5 heteroatoms. The van der Waals surface area contributed by atoms with Gasteiger partial charge >= 0.3 is 0 Å². The first-order valence-corrected chi connectivity index (χ1v) is 7.70. The lowest BCUT2D eigenvalue weighted by Gasteiger charge is -2.13. The quantitative estimate of drug-likeness (QED) is 0.825. The van der Waals surface area contributed by atoms with Gasteiger partial charge in [-0.15, -0.1) is 0 Å². The number of carbonyl (C=O) groups is 1. The zero-order valence-electron chi connectivity index (χ0n) is 10.6. The molecule has 0 saturated carbocycles. The fraction of sp³-hybridized carbons (Fsp3) is 0.133. The Labute approximate surface area is 134 Å². The normalized spacial score (nSPS) is 11.9. The van der Waals surface area contributed by atoms with Gasteiger partial charge in [0, 0.05) is 8.95 Å². The maximum Gasteiger partial charge on any atom is 0.241 e. The van der Waals surface area contributed by atoms with Crippen LogP contribution in [0, 0.1) is 0 Å². The van der Waals surface area contributed by atoms with Crippen LogP contribution in [0.1, 0.15) is 5.56 Å². The fourth-order valence-electron chi connectivity index (χ4n) is 1.78. The molecule has 0 aliphatic carbocycles. The van der Waals surface area contributed by atoms with Crippen molar-refractivity contribution in [2.75, 3.05) is 5.32 Å². The van der Waals surface area contributed by atoms with Crippen molar-refractivity contribution >= 4 is 43.5 Å². The molecule has 0 saturated heterocycles. The highest BCUT2D eigenvalue weighted by atomic mass is 79.9. The number of rotatable bonds is 4. The molecule has 2 aromatic carbocycles. The molecule has 0 unspecified atom stereocenters. The first kappa shape index (κ1) is 15.2. The molecular weight excluding hydrogens is 384 g/mol. The van der Waals surface area contributed by atoms with Crippen LogP contribution in [0.3, 0.4) is 0 Å². The van der Waals surface area contributed by atoms with Crippen molar-refractivity contribution in [2.45, 2.75) is 12.5 Å². The van der Waals surface area contributed by atoms with E-state index in [0.717, 1.165) is 14.5 Å². The van der Waals surface area contributed by atoms with Crippen LogP contribution in [-0.4, -0.2) is 11.9 Å². The number of anilines is 1. The van der Waals surface area contributed by atoms with E-state index in [0.29, 0.717) is 12.1 Å².